The van der Waals surface area contributed by atoms with Gasteiger partial charge in [0.1, 0.15) is 11.1 Å². The fraction of sp³-hybridized carbons (Fsp3) is 0. The molecule has 8 rings (SSSR count). The van der Waals surface area contributed by atoms with Crippen LogP contribution in [-0.2, 0) is 0 Å². The van der Waals surface area contributed by atoms with E-state index in [1.165, 1.54) is 6.39 Å². The van der Waals surface area contributed by atoms with Crippen LogP contribution in [0.2, 0.25) is 0 Å². The molecule has 8 aromatic rings. The van der Waals surface area contributed by atoms with Crippen molar-refractivity contribution >= 4 is 61.0 Å². The number of hydrogen-bond acceptors (Lipinski definition) is 5. The molecule has 0 saturated carbocycles. The summed E-state index contributed by atoms with van der Waals surface area (Å²) in [6.07, 6.45) is 3.24. The lowest BCUT2D eigenvalue weighted by atomic mass is 9.95. The number of pyridine rings is 1. The maximum absolute atomic E-state index is 6.28. The largest absolute Gasteiger partial charge is 0.443 e. The second-order valence-corrected chi connectivity index (χ2v) is 9.50. The molecule has 0 aliphatic carbocycles. The molecule has 0 fully saturated rings. The number of oxazole rings is 1. The standard InChI is InChI=1S/C34H21N3O2/c1-3-8-23(9-4-1)37(24-10-5-2-6-11-24)25-15-13-22(14-16-25)29-20-30-33(38-21-36-30)31-26(29)17-18-27-28-12-7-19-35-34(28)39-32(27)31/h1-21H. The lowest BCUT2D eigenvalue weighted by molar-refractivity contribution is 0.604. The zero-order valence-electron chi connectivity index (χ0n) is 20.8. The van der Waals surface area contributed by atoms with E-state index in [0.29, 0.717) is 11.3 Å². The Bertz CT molecular complexity index is 2070. The molecule has 184 valence electrons. The number of benzene rings is 5. The smallest absolute Gasteiger partial charge is 0.227 e. The molecule has 3 aromatic heterocycles. The van der Waals surface area contributed by atoms with Crippen LogP contribution >= 0.6 is 0 Å². The molecule has 0 aliphatic rings. The van der Waals surface area contributed by atoms with Crippen molar-refractivity contribution in [3.8, 4) is 11.1 Å². The van der Waals surface area contributed by atoms with Gasteiger partial charge in [-0.15, -0.1) is 0 Å². The maximum atomic E-state index is 6.28. The highest BCUT2D eigenvalue weighted by Gasteiger charge is 2.19. The Hall–Kier alpha value is -5.42. The van der Waals surface area contributed by atoms with Crippen molar-refractivity contribution in [2.24, 2.45) is 0 Å². The van der Waals surface area contributed by atoms with E-state index in [1.54, 1.807) is 6.20 Å². The molecule has 0 amide bonds. The number of fused-ring (bicyclic) bond motifs is 7. The van der Waals surface area contributed by atoms with Crippen molar-refractivity contribution < 1.29 is 8.83 Å². The number of rotatable bonds is 4. The third-order valence-corrected chi connectivity index (χ3v) is 7.28. The Morgan fingerprint density at radius 1 is 0.564 bits per heavy atom. The Morgan fingerprint density at radius 2 is 1.26 bits per heavy atom. The van der Waals surface area contributed by atoms with Gasteiger partial charge in [0.25, 0.3) is 0 Å². The topological polar surface area (TPSA) is 55.3 Å². The Morgan fingerprint density at radius 3 is 2.00 bits per heavy atom. The van der Waals surface area contributed by atoms with Gasteiger partial charge < -0.3 is 13.7 Å². The van der Waals surface area contributed by atoms with Crippen LogP contribution in [0.4, 0.5) is 17.1 Å². The number of hydrogen-bond donors (Lipinski definition) is 0. The van der Waals surface area contributed by atoms with E-state index in [4.69, 9.17) is 8.83 Å². The van der Waals surface area contributed by atoms with Crippen LogP contribution in [0.25, 0.3) is 55.1 Å². The SMILES string of the molecule is c1ccc(N(c2ccccc2)c2ccc(-c3cc4ncoc4c4c3ccc3c5cccnc5oc34)cc2)cc1. The van der Waals surface area contributed by atoms with E-state index in [1.807, 2.05) is 24.3 Å². The number of furan rings is 1. The summed E-state index contributed by atoms with van der Waals surface area (Å²) in [5, 5.41) is 3.95. The lowest BCUT2D eigenvalue weighted by Crippen LogP contribution is -2.09. The van der Waals surface area contributed by atoms with Crippen LogP contribution in [-0.4, -0.2) is 9.97 Å². The van der Waals surface area contributed by atoms with Gasteiger partial charge >= 0.3 is 0 Å². The first-order valence-corrected chi connectivity index (χ1v) is 12.8. The molecule has 0 aliphatic heterocycles. The van der Waals surface area contributed by atoms with Gasteiger partial charge in [0.2, 0.25) is 5.71 Å². The quantitative estimate of drug-likeness (QED) is 0.239. The molecule has 3 heterocycles. The van der Waals surface area contributed by atoms with Gasteiger partial charge in [-0.2, -0.15) is 0 Å². The monoisotopic (exact) mass is 503 g/mol. The molecule has 5 nitrogen and oxygen atoms in total. The van der Waals surface area contributed by atoms with Crippen LogP contribution in [0.5, 0.6) is 0 Å². The molecule has 0 spiro atoms. The van der Waals surface area contributed by atoms with Gasteiger partial charge in [-0.1, -0.05) is 54.6 Å². The molecule has 0 unspecified atom stereocenters. The van der Waals surface area contributed by atoms with Gasteiger partial charge in [0.05, 0.1) is 5.39 Å². The molecule has 5 aromatic carbocycles. The summed E-state index contributed by atoms with van der Waals surface area (Å²) < 4.78 is 12.2. The van der Waals surface area contributed by atoms with Crippen molar-refractivity contribution in [2.75, 3.05) is 4.90 Å². The Balaban J connectivity index is 1.32. The second-order valence-electron chi connectivity index (χ2n) is 9.50. The molecular formula is C34H21N3O2. The number of nitrogens with zero attached hydrogens (tertiary/aromatic N) is 3. The van der Waals surface area contributed by atoms with Gasteiger partial charge in [-0.25, -0.2) is 9.97 Å². The average molecular weight is 504 g/mol. The highest BCUT2D eigenvalue weighted by atomic mass is 16.3. The molecule has 0 atom stereocenters. The highest BCUT2D eigenvalue weighted by Crippen LogP contribution is 2.42. The zero-order chi connectivity index (χ0) is 25.8. The summed E-state index contributed by atoms with van der Waals surface area (Å²) in [6, 6.07) is 39.8. The summed E-state index contributed by atoms with van der Waals surface area (Å²) in [6.45, 7) is 0. The first-order chi connectivity index (χ1) is 19.3. The average Bonchev–Trinajstić information content (AvgIpc) is 3.63. The second kappa shape index (κ2) is 8.57. The van der Waals surface area contributed by atoms with E-state index in [2.05, 4.69) is 106 Å². The zero-order valence-corrected chi connectivity index (χ0v) is 20.8. The van der Waals surface area contributed by atoms with E-state index in [0.717, 1.165) is 60.8 Å². The molecule has 0 saturated heterocycles. The molecule has 5 heteroatoms. The minimum atomic E-state index is 0.615. The van der Waals surface area contributed by atoms with Crippen LogP contribution in [0.3, 0.4) is 0 Å². The van der Waals surface area contributed by atoms with Crippen molar-refractivity contribution in [1.82, 2.24) is 9.97 Å². The number of anilines is 3. The van der Waals surface area contributed by atoms with Gasteiger partial charge in [0.15, 0.2) is 12.0 Å². The van der Waals surface area contributed by atoms with Crippen molar-refractivity contribution in [1.29, 1.82) is 0 Å². The summed E-state index contributed by atoms with van der Waals surface area (Å²) in [5.74, 6) is 0. The van der Waals surface area contributed by atoms with E-state index < -0.39 is 0 Å². The normalized spacial score (nSPS) is 11.6. The highest BCUT2D eigenvalue weighted by molar-refractivity contribution is 6.23. The minimum absolute atomic E-state index is 0.615. The van der Waals surface area contributed by atoms with Gasteiger partial charge in [-0.05, 0) is 77.2 Å². The summed E-state index contributed by atoms with van der Waals surface area (Å²) in [4.78, 5) is 11.2. The molecule has 39 heavy (non-hydrogen) atoms. The van der Waals surface area contributed by atoms with E-state index in [-0.39, 0.29) is 0 Å². The lowest BCUT2D eigenvalue weighted by Gasteiger charge is -2.25. The third kappa shape index (κ3) is 3.41. The number of aromatic nitrogens is 2. The summed E-state index contributed by atoms with van der Waals surface area (Å²) in [7, 11) is 0. The summed E-state index contributed by atoms with van der Waals surface area (Å²) in [5.41, 5.74) is 8.33. The molecule has 0 N–H and O–H groups in total. The summed E-state index contributed by atoms with van der Waals surface area (Å²) >= 11 is 0. The van der Waals surface area contributed by atoms with Crippen LogP contribution in [0.15, 0.2) is 137 Å². The fourth-order valence-corrected chi connectivity index (χ4v) is 5.51. The van der Waals surface area contributed by atoms with Gasteiger partial charge in [-0.3, -0.25) is 0 Å². The molecule has 0 radical (unpaired) electrons. The Labute approximate surface area is 223 Å². The maximum Gasteiger partial charge on any atom is 0.227 e. The van der Waals surface area contributed by atoms with E-state index in [9.17, 15) is 0 Å². The van der Waals surface area contributed by atoms with Crippen molar-refractivity contribution in [3.63, 3.8) is 0 Å². The minimum Gasteiger partial charge on any atom is -0.443 e. The van der Waals surface area contributed by atoms with E-state index >= 15 is 0 Å². The predicted molar refractivity (Wildman–Crippen MR) is 157 cm³/mol. The molecule has 0 bridgehead atoms. The van der Waals surface area contributed by atoms with Crippen LogP contribution in [0.1, 0.15) is 0 Å². The molecular weight excluding hydrogens is 482 g/mol. The van der Waals surface area contributed by atoms with Gasteiger partial charge in [0, 0.05) is 34.0 Å². The Kier molecular flexibility index (Phi) is 4.76. The first-order valence-electron chi connectivity index (χ1n) is 12.8. The number of para-hydroxylation sites is 2. The third-order valence-electron chi connectivity index (χ3n) is 7.28. The fourth-order valence-electron chi connectivity index (χ4n) is 5.51. The van der Waals surface area contributed by atoms with Crippen LogP contribution < -0.4 is 4.90 Å². The van der Waals surface area contributed by atoms with Crippen molar-refractivity contribution in [2.45, 2.75) is 0 Å². The van der Waals surface area contributed by atoms with Crippen LogP contribution in [0, 0.1) is 0 Å². The predicted octanol–water partition coefficient (Wildman–Crippen LogP) is 9.41. The first kappa shape index (κ1) is 21.6. The van der Waals surface area contributed by atoms with Crippen molar-refractivity contribution in [3.05, 3.63) is 128 Å².